The van der Waals surface area contributed by atoms with E-state index in [4.69, 9.17) is 4.74 Å². The number of aromatic nitrogens is 2. The predicted octanol–water partition coefficient (Wildman–Crippen LogP) is 1.15. The molecule has 1 aromatic heterocycles. The molecular formula is C20H28N6O2. The van der Waals surface area contributed by atoms with Crippen molar-refractivity contribution in [2.75, 3.05) is 57.8 Å². The maximum atomic E-state index is 12.0. The summed E-state index contributed by atoms with van der Waals surface area (Å²) in [4.78, 5) is 25.1. The molecule has 2 heterocycles. The van der Waals surface area contributed by atoms with Gasteiger partial charge in [0.05, 0.1) is 7.11 Å². The van der Waals surface area contributed by atoms with Gasteiger partial charge in [0.25, 0.3) is 0 Å². The van der Waals surface area contributed by atoms with E-state index in [1.807, 2.05) is 30.3 Å². The maximum absolute atomic E-state index is 12.0. The van der Waals surface area contributed by atoms with Gasteiger partial charge in [0, 0.05) is 58.2 Å². The SMILES string of the molecule is COc1ccccc1CCNC(=O)NCCN1CCN(c2ncccn2)CC1. The Morgan fingerprint density at radius 1 is 1.04 bits per heavy atom. The highest BCUT2D eigenvalue weighted by Gasteiger charge is 2.18. The van der Waals surface area contributed by atoms with E-state index < -0.39 is 0 Å². The molecule has 8 nitrogen and oxygen atoms in total. The van der Waals surface area contributed by atoms with Crippen molar-refractivity contribution < 1.29 is 9.53 Å². The minimum Gasteiger partial charge on any atom is -0.496 e. The van der Waals surface area contributed by atoms with E-state index in [1.165, 1.54) is 0 Å². The van der Waals surface area contributed by atoms with Crippen molar-refractivity contribution in [3.8, 4) is 5.75 Å². The fourth-order valence-electron chi connectivity index (χ4n) is 3.24. The molecule has 0 radical (unpaired) electrons. The van der Waals surface area contributed by atoms with E-state index in [0.29, 0.717) is 13.1 Å². The quantitative estimate of drug-likeness (QED) is 0.711. The van der Waals surface area contributed by atoms with Crippen LogP contribution < -0.4 is 20.3 Å². The van der Waals surface area contributed by atoms with E-state index in [1.54, 1.807) is 19.5 Å². The molecule has 2 amide bonds. The molecule has 0 bridgehead atoms. The molecule has 3 rings (SSSR count). The lowest BCUT2D eigenvalue weighted by molar-refractivity contribution is 0.232. The van der Waals surface area contributed by atoms with Crippen molar-refractivity contribution in [3.05, 3.63) is 48.3 Å². The van der Waals surface area contributed by atoms with E-state index in [-0.39, 0.29) is 6.03 Å². The van der Waals surface area contributed by atoms with Crippen LogP contribution in [0.3, 0.4) is 0 Å². The van der Waals surface area contributed by atoms with Gasteiger partial charge in [-0.1, -0.05) is 18.2 Å². The number of hydrogen-bond acceptors (Lipinski definition) is 6. The van der Waals surface area contributed by atoms with Gasteiger partial charge in [-0.2, -0.15) is 0 Å². The molecule has 1 aliphatic rings. The highest BCUT2D eigenvalue weighted by molar-refractivity contribution is 5.73. The predicted molar refractivity (Wildman–Crippen MR) is 109 cm³/mol. The molecule has 1 aliphatic heterocycles. The van der Waals surface area contributed by atoms with Gasteiger partial charge in [0.1, 0.15) is 5.75 Å². The number of ether oxygens (including phenoxy) is 1. The van der Waals surface area contributed by atoms with Gasteiger partial charge in [-0.3, -0.25) is 4.90 Å². The lowest BCUT2D eigenvalue weighted by Gasteiger charge is -2.34. The summed E-state index contributed by atoms with van der Waals surface area (Å²) in [5.74, 6) is 1.64. The molecule has 2 N–H and O–H groups in total. The van der Waals surface area contributed by atoms with Gasteiger partial charge < -0.3 is 20.3 Å². The summed E-state index contributed by atoms with van der Waals surface area (Å²) in [7, 11) is 1.66. The van der Waals surface area contributed by atoms with Gasteiger partial charge in [-0.15, -0.1) is 0 Å². The highest BCUT2D eigenvalue weighted by Crippen LogP contribution is 2.17. The molecule has 28 heavy (non-hydrogen) atoms. The molecule has 1 fully saturated rings. The van der Waals surface area contributed by atoms with Crippen molar-refractivity contribution in [2.24, 2.45) is 0 Å². The fraction of sp³-hybridized carbons (Fsp3) is 0.450. The summed E-state index contributed by atoms with van der Waals surface area (Å²) >= 11 is 0. The summed E-state index contributed by atoms with van der Waals surface area (Å²) in [6.45, 7) is 5.71. The van der Waals surface area contributed by atoms with Crippen molar-refractivity contribution in [1.29, 1.82) is 0 Å². The number of nitrogens with zero attached hydrogens (tertiary/aromatic N) is 4. The van der Waals surface area contributed by atoms with Gasteiger partial charge in [0.2, 0.25) is 5.95 Å². The number of urea groups is 1. The second kappa shape index (κ2) is 10.5. The Morgan fingerprint density at radius 2 is 1.75 bits per heavy atom. The molecule has 0 unspecified atom stereocenters. The first-order valence-corrected chi connectivity index (χ1v) is 9.64. The zero-order valence-electron chi connectivity index (χ0n) is 16.3. The van der Waals surface area contributed by atoms with Crippen LogP contribution in [0.5, 0.6) is 5.75 Å². The first kappa shape index (κ1) is 19.9. The van der Waals surface area contributed by atoms with Crippen molar-refractivity contribution in [2.45, 2.75) is 6.42 Å². The third-order valence-electron chi connectivity index (χ3n) is 4.79. The minimum absolute atomic E-state index is 0.133. The van der Waals surface area contributed by atoms with Crippen LogP contribution in [0.25, 0.3) is 0 Å². The van der Waals surface area contributed by atoms with E-state index in [2.05, 4.69) is 30.4 Å². The average molecular weight is 384 g/mol. The third kappa shape index (κ3) is 5.82. The summed E-state index contributed by atoms with van der Waals surface area (Å²) in [5.41, 5.74) is 1.09. The van der Waals surface area contributed by atoms with Crippen LogP contribution in [-0.4, -0.2) is 73.8 Å². The maximum Gasteiger partial charge on any atom is 0.314 e. The number of carbonyl (C=O) groups excluding carboxylic acids is 1. The van der Waals surface area contributed by atoms with Crippen molar-refractivity contribution in [1.82, 2.24) is 25.5 Å². The number of amides is 2. The summed E-state index contributed by atoms with van der Waals surface area (Å²) < 4.78 is 5.33. The van der Waals surface area contributed by atoms with Crippen LogP contribution in [0.15, 0.2) is 42.7 Å². The van der Waals surface area contributed by atoms with Crippen LogP contribution >= 0.6 is 0 Å². The molecule has 0 aliphatic carbocycles. The van der Waals surface area contributed by atoms with Crippen LogP contribution in [-0.2, 0) is 6.42 Å². The lowest BCUT2D eigenvalue weighted by Crippen LogP contribution is -2.49. The largest absolute Gasteiger partial charge is 0.496 e. The fourth-order valence-corrected chi connectivity index (χ4v) is 3.24. The van der Waals surface area contributed by atoms with Crippen LogP contribution in [0.1, 0.15) is 5.56 Å². The standard InChI is InChI=1S/C20H28N6O2/c1-28-18-6-3-2-5-17(18)7-10-23-20(27)24-11-12-25-13-15-26(16-14-25)19-21-8-4-9-22-19/h2-6,8-9H,7,10-16H2,1H3,(H2,23,24,27). The molecule has 2 aromatic rings. The number of piperazine rings is 1. The number of carbonyl (C=O) groups is 1. The zero-order chi connectivity index (χ0) is 19.6. The van der Waals surface area contributed by atoms with E-state index in [0.717, 1.165) is 56.4 Å². The third-order valence-corrected chi connectivity index (χ3v) is 4.79. The summed E-state index contributed by atoms with van der Waals surface area (Å²) in [5, 5.41) is 5.83. The Balaban J connectivity index is 1.29. The van der Waals surface area contributed by atoms with E-state index >= 15 is 0 Å². The molecule has 1 aromatic carbocycles. The Hall–Kier alpha value is -2.87. The Kier molecular flexibility index (Phi) is 7.43. The molecule has 8 heteroatoms. The number of anilines is 1. The number of para-hydroxylation sites is 1. The normalized spacial score (nSPS) is 14.5. The highest BCUT2D eigenvalue weighted by atomic mass is 16.5. The monoisotopic (exact) mass is 384 g/mol. The smallest absolute Gasteiger partial charge is 0.314 e. The van der Waals surface area contributed by atoms with Gasteiger partial charge in [0.15, 0.2) is 0 Å². The number of rotatable bonds is 8. The number of hydrogen-bond donors (Lipinski definition) is 2. The molecule has 150 valence electrons. The number of nitrogens with one attached hydrogen (secondary N) is 2. The first-order chi connectivity index (χ1) is 13.8. The molecule has 0 atom stereocenters. The van der Waals surface area contributed by atoms with Crippen molar-refractivity contribution >= 4 is 12.0 Å². The number of benzene rings is 1. The van der Waals surface area contributed by atoms with Crippen LogP contribution in [0, 0.1) is 0 Å². The van der Waals surface area contributed by atoms with Gasteiger partial charge >= 0.3 is 6.03 Å². The molecule has 0 spiro atoms. The lowest BCUT2D eigenvalue weighted by atomic mass is 10.1. The van der Waals surface area contributed by atoms with Gasteiger partial charge in [-0.05, 0) is 24.1 Å². The van der Waals surface area contributed by atoms with Crippen molar-refractivity contribution in [3.63, 3.8) is 0 Å². The Bertz CT molecular complexity index is 734. The second-order valence-electron chi connectivity index (χ2n) is 6.62. The summed E-state index contributed by atoms with van der Waals surface area (Å²) in [6, 6.07) is 9.55. The van der Waals surface area contributed by atoms with Crippen LogP contribution in [0.4, 0.5) is 10.7 Å². The summed E-state index contributed by atoms with van der Waals surface area (Å²) in [6.07, 6.45) is 4.27. The number of methoxy groups -OCH3 is 1. The Labute approximate surface area is 165 Å². The zero-order valence-corrected chi connectivity index (χ0v) is 16.3. The topological polar surface area (TPSA) is 82.6 Å². The first-order valence-electron chi connectivity index (χ1n) is 9.64. The Morgan fingerprint density at radius 3 is 2.50 bits per heavy atom. The average Bonchev–Trinajstić information content (AvgIpc) is 2.75. The second-order valence-corrected chi connectivity index (χ2v) is 6.62. The molecular weight excluding hydrogens is 356 g/mol. The minimum atomic E-state index is -0.133. The van der Waals surface area contributed by atoms with Crippen LogP contribution in [0.2, 0.25) is 0 Å². The molecule has 1 saturated heterocycles. The van der Waals surface area contributed by atoms with E-state index in [9.17, 15) is 4.79 Å². The molecule has 0 saturated carbocycles. The van der Waals surface area contributed by atoms with Gasteiger partial charge in [-0.25, -0.2) is 14.8 Å².